The second-order valence-corrected chi connectivity index (χ2v) is 9.58. The third-order valence-electron chi connectivity index (χ3n) is 6.19. The standard InChI is InChI=1S/C32H40N2O7/c1-3-5-8-18-30(37)40-23-28(32(39)41-22-25-16-11-7-12-17-25)34-31(38)26(13-4-2)20-29(36)33-27(21-35)19-24-14-9-6-10-15-24/h3-4,6-7,9-12,14-17,26-28,35H,1-2,5,8,13,18-23H2,(H,33,36)(H,34,38)/t26-,27+,28-/m1/s1. The molecule has 0 aliphatic rings. The summed E-state index contributed by atoms with van der Waals surface area (Å²) in [6.45, 7) is 6.58. The SMILES string of the molecule is C=CCCCC(=O)OC[C@@H](NC(=O)[C@H](CC=C)CC(=O)N[C@H](CO)Cc1ccccc1)C(=O)OCc1ccccc1. The van der Waals surface area contributed by atoms with E-state index in [1.54, 1.807) is 30.3 Å². The van der Waals surface area contributed by atoms with Crippen LogP contribution in [0, 0.1) is 5.92 Å². The van der Waals surface area contributed by atoms with E-state index >= 15 is 0 Å². The van der Waals surface area contributed by atoms with Crippen LogP contribution < -0.4 is 10.6 Å². The molecular weight excluding hydrogens is 524 g/mol. The van der Waals surface area contributed by atoms with Gasteiger partial charge in [0.1, 0.15) is 13.2 Å². The highest BCUT2D eigenvalue weighted by Crippen LogP contribution is 2.13. The van der Waals surface area contributed by atoms with E-state index in [2.05, 4.69) is 23.8 Å². The van der Waals surface area contributed by atoms with Crippen LogP contribution in [0.4, 0.5) is 0 Å². The Hall–Kier alpha value is -4.24. The van der Waals surface area contributed by atoms with Crippen molar-refractivity contribution in [1.82, 2.24) is 10.6 Å². The van der Waals surface area contributed by atoms with Gasteiger partial charge in [-0.2, -0.15) is 0 Å². The summed E-state index contributed by atoms with van der Waals surface area (Å²) >= 11 is 0. The van der Waals surface area contributed by atoms with Crippen molar-refractivity contribution in [3.05, 3.63) is 97.1 Å². The van der Waals surface area contributed by atoms with Crippen LogP contribution in [0.2, 0.25) is 0 Å². The van der Waals surface area contributed by atoms with E-state index < -0.39 is 48.4 Å². The average molecular weight is 565 g/mol. The summed E-state index contributed by atoms with van der Waals surface area (Å²) in [5, 5.41) is 15.1. The molecule has 0 bridgehead atoms. The van der Waals surface area contributed by atoms with Gasteiger partial charge < -0.3 is 25.2 Å². The molecular formula is C32H40N2O7. The Kier molecular flexibility index (Phi) is 15.2. The quantitative estimate of drug-likeness (QED) is 0.135. The van der Waals surface area contributed by atoms with Crippen LogP contribution in [0.25, 0.3) is 0 Å². The molecule has 9 nitrogen and oxygen atoms in total. The molecule has 3 N–H and O–H groups in total. The number of nitrogens with one attached hydrogen (secondary N) is 2. The zero-order valence-electron chi connectivity index (χ0n) is 23.3. The first-order valence-corrected chi connectivity index (χ1v) is 13.7. The topological polar surface area (TPSA) is 131 Å². The number of amides is 2. The van der Waals surface area contributed by atoms with Crippen LogP contribution in [0.5, 0.6) is 0 Å². The maximum Gasteiger partial charge on any atom is 0.332 e. The number of ether oxygens (including phenoxy) is 2. The minimum Gasteiger partial charge on any atom is -0.463 e. The summed E-state index contributed by atoms with van der Waals surface area (Å²) in [5.74, 6) is -3.16. The maximum absolute atomic E-state index is 13.2. The smallest absolute Gasteiger partial charge is 0.332 e. The summed E-state index contributed by atoms with van der Waals surface area (Å²) in [6.07, 6.45) is 4.92. The minimum atomic E-state index is -1.27. The maximum atomic E-state index is 13.2. The van der Waals surface area contributed by atoms with Gasteiger partial charge in [-0.05, 0) is 36.8 Å². The third kappa shape index (κ3) is 13.1. The molecule has 2 aromatic carbocycles. The number of benzene rings is 2. The van der Waals surface area contributed by atoms with Gasteiger partial charge in [-0.1, -0.05) is 72.8 Å². The number of hydrogen-bond donors (Lipinski definition) is 3. The second kappa shape index (κ2) is 18.9. The van der Waals surface area contributed by atoms with Crippen molar-refractivity contribution in [2.45, 2.75) is 57.2 Å². The Morgan fingerprint density at radius 3 is 2.15 bits per heavy atom. The van der Waals surface area contributed by atoms with Gasteiger partial charge in [-0.15, -0.1) is 13.2 Å². The Morgan fingerprint density at radius 2 is 1.54 bits per heavy atom. The first-order valence-electron chi connectivity index (χ1n) is 13.7. The Bertz CT molecular complexity index is 1120. The van der Waals surface area contributed by atoms with E-state index in [4.69, 9.17) is 9.47 Å². The molecule has 2 rings (SSSR count). The van der Waals surface area contributed by atoms with Crippen molar-refractivity contribution in [3.63, 3.8) is 0 Å². The molecule has 3 atom stereocenters. The molecule has 2 amide bonds. The van der Waals surface area contributed by atoms with E-state index in [1.807, 2.05) is 36.4 Å². The normalized spacial score (nSPS) is 12.7. The molecule has 220 valence electrons. The lowest BCUT2D eigenvalue weighted by atomic mass is 9.98. The number of rotatable bonds is 19. The number of hydrogen-bond acceptors (Lipinski definition) is 7. The lowest BCUT2D eigenvalue weighted by Gasteiger charge is -2.22. The second-order valence-electron chi connectivity index (χ2n) is 9.58. The number of carbonyl (C=O) groups excluding carboxylic acids is 4. The molecule has 0 spiro atoms. The summed E-state index contributed by atoms with van der Waals surface area (Å²) in [5.41, 5.74) is 1.70. The van der Waals surface area contributed by atoms with Crippen molar-refractivity contribution in [3.8, 4) is 0 Å². The molecule has 0 radical (unpaired) electrons. The van der Waals surface area contributed by atoms with Crippen LogP contribution >= 0.6 is 0 Å². The Morgan fingerprint density at radius 1 is 0.878 bits per heavy atom. The fraction of sp³-hybridized carbons (Fsp3) is 0.375. The minimum absolute atomic E-state index is 0.0260. The predicted molar refractivity (Wildman–Crippen MR) is 155 cm³/mol. The number of esters is 2. The fourth-order valence-electron chi connectivity index (χ4n) is 3.98. The lowest BCUT2D eigenvalue weighted by molar-refractivity contribution is -0.155. The Balaban J connectivity index is 2.03. The molecule has 0 saturated heterocycles. The number of unbranched alkanes of at least 4 members (excludes halogenated alkanes) is 1. The largest absolute Gasteiger partial charge is 0.463 e. The summed E-state index contributed by atoms with van der Waals surface area (Å²) in [6, 6.07) is 16.6. The molecule has 0 saturated carbocycles. The van der Waals surface area contributed by atoms with Gasteiger partial charge in [-0.3, -0.25) is 14.4 Å². The summed E-state index contributed by atoms with van der Waals surface area (Å²) < 4.78 is 10.6. The van der Waals surface area contributed by atoms with Gasteiger partial charge in [-0.25, -0.2) is 4.79 Å². The van der Waals surface area contributed by atoms with Gasteiger partial charge in [0.25, 0.3) is 0 Å². The number of allylic oxidation sites excluding steroid dienone is 2. The molecule has 41 heavy (non-hydrogen) atoms. The van der Waals surface area contributed by atoms with Gasteiger partial charge in [0.15, 0.2) is 6.04 Å². The molecule has 0 aliphatic heterocycles. The van der Waals surface area contributed by atoms with E-state index in [1.165, 1.54) is 6.08 Å². The molecule has 0 fully saturated rings. The zero-order chi connectivity index (χ0) is 29.9. The average Bonchev–Trinajstić information content (AvgIpc) is 2.98. The highest BCUT2D eigenvalue weighted by molar-refractivity contribution is 5.89. The van der Waals surface area contributed by atoms with E-state index in [0.29, 0.717) is 19.3 Å². The van der Waals surface area contributed by atoms with Gasteiger partial charge in [0.2, 0.25) is 11.8 Å². The van der Waals surface area contributed by atoms with Crippen LogP contribution in [-0.2, 0) is 41.7 Å². The molecule has 9 heteroatoms. The molecule has 0 unspecified atom stereocenters. The van der Waals surface area contributed by atoms with Crippen molar-refractivity contribution < 1.29 is 33.8 Å². The molecule has 0 aromatic heterocycles. The molecule has 0 heterocycles. The fourth-order valence-corrected chi connectivity index (χ4v) is 3.98. The third-order valence-corrected chi connectivity index (χ3v) is 6.19. The number of aliphatic hydroxyl groups is 1. The monoisotopic (exact) mass is 564 g/mol. The number of carbonyl (C=O) groups is 4. The van der Waals surface area contributed by atoms with Crippen molar-refractivity contribution in [1.29, 1.82) is 0 Å². The van der Waals surface area contributed by atoms with E-state index in [-0.39, 0.29) is 32.5 Å². The lowest BCUT2D eigenvalue weighted by Crippen LogP contribution is -2.48. The predicted octanol–water partition coefficient (Wildman–Crippen LogP) is 3.42. The van der Waals surface area contributed by atoms with Gasteiger partial charge in [0.05, 0.1) is 18.6 Å². The van der Waals surface area contributed by atoms with Crippen molar-refractivity contribution >= 4 is 23.8 Å². The van der Waals surface area contributed by atoms with Gasteiger partial charge >= 0.3 is 11.9 Å². The van der Waals surface area contributed by atoms with E-state index in [0.717, 1.165) is 11.1 Å². The van der Waals surface area contributed by atoms with Crippen LogP contribution in [0.15, 0.2) is 86.0 Å². The number of aliphatic hydroxyl groups excluding tert-OH is 1. The first kappa shape index (κ1) is 33.0. The highest BCUT2D eigenvalue weighted by Gasteiger charge is 2.29. The van der Waals surface area contributed by atoms with Gasteiger partial charge in [0, 0.05) is 12.8 Å². The molecule has 0 aliphatic carbocycles. The Labute approximate surface area is 241 Å². The van der Waals surface area contributed by atoms with Crippen LogP contribution in [0.3, 0.4) is 0 Å². The van der Waals surface area contributed by atoms with Crippen LogP contribution in [0.1, 0.15) is 43.2 Å². The van der Waals surface area contributed by atoms with Crippen molar-refractivity contribution in [2.24, 2.45) is 5.92 Å². The summed E-state index contributed by atoms with van der Waals surface area (Å²) in [4.78, 5) is 51.1. The van der Waals surface area contributed by atoms with Crippen LogP contribution in [-0.4, -0.2) is 54.2 Å². The van der Waals surface area contributed by atoms with Crippen molar-refractivity contribution in [2.75, 3.05) is 13.2 Å². The zero-order valence-corrected chi connectivity index (χ0v) is 23.3. The first-order chi connectivity index (χ1) is 19.9. The molecule has 2 aromatic rings. The van der Waals surface area contributed by atoms with E-state index in [9.17, 15) is 24.3 Å². The highest BCUT2D eigenvalue weighted by atomic mass is 16.6. The summed E-state index contributed by atoms with van der Waals surface area (Å²) in [7, 11) is 0.